The molecular weight excluding hydrogens is 296 g/mol. The van der Waals surface area contributed by atoms with Gasteiger partial charge in [0.25, 0.3) is 0 Å². The summed E-state index contributed by atoms with van der Waals surface area (Å²) in [6.07, 6.45) is 2.21. The number of ether oxygens (including phenoxy) is 1. The van der Waals surface area contributed by atoms with Crippen molar-refractivity contribution in [2.45, 2.75) is 0 Å². The summed E-state index contributed by atoms with van der Waals surface area (Å²) >= 11 is 6.23. The van der Waals surface area contributed by atoms with E-state index in [4.69, 9.17) is 16.3 Å². The third kappa shape index (κ3) is 2.47. The van der Waals surface area contributed by atoms with Crippen LogP contribution in [0.5, 0.6) is 11.5 Å². The van der Waals surface area contributed by atoms with Crippen LogP contribution in [-0.4, -0.2) is 31.1 Å². The van der Waals surface area contributed by atoms with Gasteiger partial charge in [0.2, 0.25) is 0 Å². The molecule has 3 nitrogen and oxygen atoms in total. The highest BCUT2D eigenvalue weighted by Gasteiger charge is 2.22. The van der Waals surface area contributed by atoms with Crippen LogP contribution in [0.25, 0.3) is 11.8 Å². The number of rotatable bonds is 1. The van der Waals surface area contributed by atoms with Crippen molar-refractivity contribution in [1.29, 1.82) is 0 Å². The Morgan fingerprint density at radius 3 is 2.68 bits per heavy atom. The van der Waals surface area contributed by atoms with Gasteiger partial charge in [-0.3, -0.25) is 0 Å². The van der Waals surface area contributed by atoms with Gasteiger partial charge < -0.3 is 15.0 Å². The molecule has 112 valence electrons. The molecule has 0 unspecified atom stereocenters. The van der Waals surface area contributed by atoms with E-state index >= 15 is 0 Å². The molecule has 0 aliphatic carbocycles. The molecule has 0 saturated carbocycles. The van der Waals surface area contributed by atoms with Crippen LogP contribution in [0.4, 0.5) is 0 Å². The Labute approximate surface area is 135 Å². The second-order valence-corrected chi connectivity index (χ2v) is 5.98. The summed E-state index contributed by atoms with van der Waals surface area (Å²) in [4.78, 5) is 2.40. The van der Waals surface area contributed by atoms with Gasteiger partial charge in [-0.2, -0.15) is 0 Å². The number of piperazine rings is 1. The summed E-state index contributed by atoms with van der Waals surface area (Å²) in [6, 6.07) is 14.0. The third-order valence-corrected chi connectivity index (χ3v) is 4.34. The van der Waals surface area contributed by atoms with Gasteiger partial charge in [-0.25, -0.2) is 0 Å². The molecule has 1 N–H and O–H groups in total. The second kappa shape index (κ2) is 5.67. The molecule has 0 atom stereocenters. The van der Waals surface area contributed by atoms with Crippen LogP contribution in [0.1, 0.15) is 11.1 Å². The Balaban J connectivity index is 1.88. The number of hydrogen-bond acceptors (Lipinski definition) is 3. The van der Waals surface area contributed by atoms with Gasteiger partial charge in [0.05, 0.1) is 0 Å². The predicted octanol–water partition coefficient (Wildman–Crippen LogP) is 3.85. The number of hydrogen-bond donors (Lipinski definition) is 1. The van der Waals surface area contributed by atoms with Gasteiger partial charge in [-0.1, -0.05) is 29.8 Å². The van der Waals surface area contributed by atoms with Gasteiger partial charge in [-0.15, -0.1) is 0 Å². The number of nitrogens with one attached hydrogen (secondary N) is 1. The highest BCUT2D eigenvalue weighted by Crippen LogP contribution is 2.40. The molecular formula is C18H17ClN2O. The Hall–Kier alpha value is -1.97. The zero-order chi connectivity index (χ0) is 14.9. The molecule has 0 aromatic heterocycles. The van der Waals surface area contributed by atoms with Crippen LogP contribution in [0.3, 0.4) is 0 Å². The van der Waals surface area contributed by atoms with Crippen LogP contribution >= 0.6 is 11.6 Å². The maximum atomic E-state index is 6.23. The molecule has 1 fully saturated rings. The largest absolute Gasteiger partial charge is 0.456 e. The number of fused-ring (bicyclic) bond motifs is 2. The van der Waals surface area contributed by atoms with Crippen LogP contribution in [0.15, 0.2) is 42.5 Å². The predicted molar refractivity (Wildman–Crippen MR) is 90.3 cm³/mol. The molecule has 2 heterocycles. The van der Waals surface area contributed by atoms with E-state index in [1.807, 2.05) is 36.4 Å². The first kappa shape index (κ1) is 13.7. The first-order valence-corrected chi connectivity index (χ1v) is 7.93. The molecule has 22 heavy (non-hydrogen) atoms. The van der Waals surface area contributed by atoms with Crippen LogP contribution in [-0.2, 0) is 0 Å². The minimum absolute atomic E-state index is 0.731. The zero-order valence-corrected chi connectivity index (χ0v) is 12.9. The van der Waals surface area contributed by atoms with E-state index in [1.54, 1.807) is 0 Å². The second-order valence-electron chi connectivity index (χ2n) is 5.55. The lowest BCUT2D eigenvalue weighted by molar-refractivity contribution is 0.341. The van der Waals surface area contributed by atoms with Crippen molar-refractivity contribution in [1.82, 2.24) is 10.2 Å². The van der Waals surface area contributed by atoms with Gasteiger partial charge in [0, 0.05) is 48.0 Å². The van der Waals surface area contributed by atoms with E-state index in [1.165, 1.54) is 5.70 Å². The number of halogens is 1. The molecule has 0 radical (unpaired) electrons. The first-order chi connectivity index (χ1) is 10.8. The molecule has 1 saturated heterocycles. The Morgan fingerprint density at radius 1 is 1.00 bits per heavy atom. The number of para-hydroxylation sites is 1. The Bertz CT molecular complexity index is 736. The molecule has 4 heteroatoms. The van der Waals surface area contributed by atoms with E-state index < -0.39 is 0 Å². The summed E-state index contributed by atoms with van der Waals surface area (Å²) < 4.78 is 6.13. The van der Waals surface area contributed by atoms with Crippen molar-refractivity contribution >= 4 is 23.4 Å². The summed E-state index contributed by atoms with van der Waals surface area (Å²) in [5, 5.41) is 4.13. The lowest BCUT2D eigenvalue weighted by Crippen LogP contribution is -2.42. The molecule has 2 aliphatic heterocycles. The minimum atomic E-state index is 0.731. The van der Waals surface area contributed by atoms with E-state index in [9.17, 15) is 0 Å². The maximum Gasteiger partial charge on any atom is 0.136 e. The van der Waals surface area contributed by atoms with Crippen molar-refractivity contribution in [2.75, 3.05) is 26.2 Å². The molecule has 4 rings (SSSR count). The quantitative estimate of drug-likeness (QED) is 0.865. The smallest absolute Gasteiger partial charge is 0.136 e. The number of nitrogens with zero attached hydrogens (tertiary/aromatic N) is 1. The van der Waals surface area contributed by atoms with Gasteiger partial charge in [0.15, 0.2) is 0 Å². The average molecular weight is 313 g/mol. The summed E-state index contributed by atoms with van der Waals surface area (Å²) in [7, 11) is 0. The Kier molecular flexibility index (Phi) is 3.53. The third-order valence-electron chi connectivity index (χ3n) is 4.11. The molecule has 2 aromatic carbocycles. The molecule has 2 aliphatic rings. The topological polar surface area (TPSA) is 24.5 Å². The number of benzene rings is 2. The van der Waals surface area contributed by atoms with Crippen molar-refractivity contribution in [3.05, 3.63) is 58.6 Å². The van der Waals surface area contributed by atoms with E-state index in [0.29, 0.717) is 0 Å². The summed E-state index contributed by atoms with van der Waals surface area (Å²) in [5.74, 6) is 1.75. The van der Waals surface area contributed by atoms with Crippen molar-refractivity contribution < 1.29 is 4.74 Å². The van der Waals surface area contributed by atoms with Crippen molar-refractivity contribution in [3.8, 4) is 11.5 Å². The van der Waals surface area contributed by atoms with Crippen LogP contribution in [0.2, 0.25) is 5.02 Å². The van der Waals surface area contributed by atoms with E-state index in [0.717, 1.165) is 53.8 Å². The SMILES string of the molecule is Clc1ccc2c(c1)C(N1CCNCC1)=Cc1ccccc1O2. The maximum absolute atomic E-state index is 6.23. The highest BCUT2D eigenvalue weighted by atomic mass is 35.5. The fourth-order valence-corrected chi connectivity index (χ4v) is 3.17. The van der Waals surface area contributed by atoms with Gasteiger partial charge in [0.1, 0.15) is 11.5 Å². The zero-order valence-electron chi connectivity index (χ0n) is 12.2. The van der Waals surface area contributed by atoms with Gasteiger partial charge in [-0.05, 0) is 30.3 Å². The van der Waals surface area contributed by atoms with E-state index in [-0.39, 0.29) is 0 Å². The molecule has 0 spiro atoms. The lowest BCUT2D eigenvalue weighted by Gasteiger charge is -2.32. The van der Waals surface area contributed by atoms with Crippen molar-refractivity contribution in [2.24, 2.45) is 0 Å². The average Bonchev–Trinajstić information content (AvgIpc) is 2.72. The fourth-order valence-electron chi connectivity index (χ4n) is 2.99. The van der Waals surface area contributed by atoms with Crippen molar-refractivity contribution in [3.63, 3.8) is 0 Å². The lowest BCUT2D eigenvalue weighted by atomic mass is 10.1. The molecule has 0 amide bonds. The van der Waals surface area contributed by atoms with Crippen LogP contribution < -0.4 is 10.1 Å². The minimum Gasteiger partial charge on any atom is -0.456 e. The first-order valence-electron chi connectivity index (χ1n) is 7.55. The highest BCUT2D eigenvalue weighted by molar-refractivity contribution is 6.30. The summed E-state index contributed by atoms with van der Waals surface area (Å²) in [5.41, 5.74) is 3.35. The monoisotopic (exact) mass is 312 g/mol. The van der Waals surface area contributed by atoms with Gasteiger partial charge >= 0.3 is 0 Å². The normalized spacial score (nSPS) is 17.0. The van der Waals surface area contributed by atoms with Crippen LogP contribution in [0, 0.1) is 0 Å². The fraction of sp³-hybridized carbons (Fsp3) is 0.222. The Morgan fingerprint density at radius 2 is 1.82 bits per heavy atom. The molecule has 2 aromatic rings. The molecule has 0 bridgehead atoms. The standard InChI is InChI=1S/C18H17ClN2O/c19-14-5-6-18-15(12-14)16(21-9-7-20-8-10-21)11-13-3-1-2-4-17(13)22-18/h1-6,11-12,20H,7-10H2. The summed E-state index contributed by atoms with van der Waals surface area (Å²) in [6.45, 7) is 3.96. The van der Waals surface area contributed by atoms with E-state index in [2.05, 4.69) is 22.4 Å².